The fraction of sp³-hybridized carbons (Fsp3) is 0.143. The smallest absolute Gasteiger partial charge is 0.210 e. The van der Waals surface area contributed by atoms with Crippen LogP contribution in [0.2, 0.25) is 10.0 Å². The molecule has 2 aromatic rings. The summed E-state index contributed by atoms with van der Waals surface area (Å²) < 4.78 is 1.15. The molecule has 1 aromatic heterocycles. The monoisotopic (exact) mass is 355 g/mol. The van der Waals surface area contributed by atoms with Gasteiger partial charge in [0.15, 0.2) is 0 Å². The molecule has 1 aliphatic heterocycles. The van der Waals surface area contributed by atoms with Crippen LogP contribution in [0.1, 0.15) is 17.7 Å². The molecule has 1 unspecified atom stereocenters. The first-order chi connectivity index (χ1) is 10.1. The van der Waals surface area contributed by atoms with Crippen molar-refractivity contribution in [2.45, 2.75) is 16.4 Å². The van der Waals surface area contributed by atoms with E-state index in [1.54, 1.807) is 35.4 Å². The van der Waals surface area contributed by atoms with Gasteiger partial charge in [0.25, 0.3) is 0 Å². The van der Waals surface area contributed by atoms with Crippen molar-refractivity contribution in [3.63, 3.8) is 0 Å². The molecule has 2 heterocycles. The summed E-state index contributed by atoms with van der Waals surface area (Å²) >= 11 is 15.6. The number of rotatable bonds is 2. The molecular weight excluding hydrogens is 345 g/mol. The summed E-state index contributed by atoms with van der Waals surface area (Å²) in [6, 6.07) is 3.82. The Hall–Kier alpha value is -1.01. The quantitative estimate of drug-likeness (QED) is 0.727. The Morgan fingerprint density at radius 1 is 1.33 bits per heavy atom. The third kappa shape index (κ3) is 2.83. The molecule has 0 bridgehead atoms. The van der Waals surface area contributed by atoms with Crippen LogP contribution in [-0.2, 0) is 0 Å². The van der Waals surface area contributed by atoms with Crippen LogP contribution >= 0.6 is 46.3 Å². The third-order valence-corrected chi connectivity index (χ3v) is 6.07. The average Bonchev–Trinajstić information content (AvgIpc) is 2.84. The van der Waals surface area contributed by atoms with Gasteiger partial charge in [-0.25, -0.2) is 9.98 Å². The van der Waals surface area contributed by atoms with Gasteiger partial charge in [0.1, 0.15) is 0 Å². The van der Waals surface area contributed by atoms with Crippen LogP contribution in [0.25, 0.3) is 11.3 Å². The van der Waals surface area contributed by atoms with E-state index in [4.69, 9.17) is 28.9 Å². The van der Waals surface area contributed by atoms with E-state index in [9.17, 15) is 0 Å². The van der Waals surface area contributed by atoms with Crippen molar-refractivity contribution in [1.82, 2.24) is 4.98 Å². The molecular formula is C14H11Cl2N3S2. The number of aliphatic imine (C=N–C) groups is 1. The number of halogens is 2. The van der Waals surface area contributed by atoms with Crippen LogP contribution in [-0.4, -0.2) is 11.2 Å². The van der Waals surface area contributed by atoms with Crippen molar-refractivity contribution in [2.75, 3.05) is 0 Å². The van der Waals surface area contributed by atoms with Crippen LogP contribution in [0, 0.1) is 0 Å². The normalized spacial score (nSPS) is 17.4. The molecule has 7 heteroatoms. The minimum Gasteiger partial charge on any atom is -0.405 e. The van der Waals surface area contributed by atoms with Crippen LogP contribution < -0.4 is 5.73 Å². The fourth-order valence-corrected chi connectivity index (χ4v) is 4.85. The number of thioether (sulfide) groups is 1. The molecule has 1 atom stereocenters. The number of hydrogen-bond donors (Lipinski definition) is 1. The van der Waals surface area contributed by atoms with Crippen molar-refractivity contribution in [3.8, 4) is 11.3 Å². The van der Waals surface area contributed by atoms with Gasteiger partial charge in [-0.2, -0.15) is 0 Å². The number of fused-ring (bicyclic) bond motifs is 3. The molecule has 108 valence electrons. The van der Waals surface area contributed by atoms with Gasteiger partial charge >= 0.3 is 0 Å². The molecule has 0 aliphatic carbocycles. The molecule has 1 aromatic carbocycles. The number of nitrogens with zero attached hydrogens (tertiary/aromatic N) is 2. The topological polar surface area (TPSA) is 51.3 Å². The second-order valence-electron chi connectivity index (χ2n) is 4.41. The maximum absolute atomic E-state index is 6.15. The predicted molar refractivity (Wildman–Crippen MR) is 93.3 cm³/mol. The van der Waals surface area contributed by atoms with Crippen molar-refractivity contribution < 1.29 is 0 Å². The number of nitrogens with two attached hydrogens (primary N) is 1. The van der Waals surface area contributed by atoms with Crippen LogP contribution in [0.5, 0.6) is 0 Å². The van der Waals surface area contributed by atoms with E-state index in [1.807, 2.05) is 12.1 Å². The third-order valence-electron chi connectivity index (χ3n) is 3.04. The molecule has 0 saturated carbocycles. The number of allylic oxidation sites excluding steroid dienone is 1. The van der Waals surface area contributed by atoms with Crippen molar-refractivity contribution in [2.24, 2.45) is 10.7 Å². The van der Waals surface area contributed by atoms with E-state index in [0.717, 1.165) is 21.0 Å². The zero-order chi connectivity index (χ0) is 15.0. The summed E-state index contributed by atoms with van der Waals surface area (Å²) in [6.45, 7) is 2.15. The highest BCUT2D eigenvalue weighted by Crippen LogP contribution is 2.53. The standard InChI is InChI=1S/C14H11Cl2N3S2/c1-7-8-5-10(15)11(16)6-9(8)12-13(20-7)21-14(19-12)18-4-2-3-17/h2-7H,17H2,1H3. The summed E-state index contributed by atoms with van der Waals surface area (Å²) in [5.41, 5.74) is 8.41. The first-order valence-corrected chi connectivity index (χ1v) is 8.63. The Bertz CT molecular complexity index is 753. The zero-order valence-electron chi connectivity index (χ0n) is 11.0. The van der Waals surface area contributed by atoms with E-state index in [1.165, 1.54) is 6.20 Å². The van der Waals surface area contributed by atoms with Crippen molar-refractivity contribution in [1.29, 1.82) is 0 Å². The minimum absolute atomic E-state index is 0.309. The zero-order valence-corrected chi connectivity index (χ0v) is 14.2. The molecule has 3 rings (SSSR count). The van der Waals surface area contributed by atoms with Gasteiger partial charge in [-0.1, -0.05) is 34.5 Å². The first kappa shape index (κ1) is 14.9. The van der Waals surface area contributed by atoms with E-state index in [0.29, 0.717) is 20.4 Å². The maximum Gasteiger partial charge on any atom is 0.210 e. The lowest BCUT2D eigenvalue weighted by Crippen LogP contribution is -1.99. The Morgan fingerprint density at radius 3 is 2.86 bits per heavy atom. The second kappa shape index (κ2) is 6.01. The molecule has 3 nitrogen and oxygen atoms in total. The summed E-state index contributed by atoms with van der Waals surface area (Å²) in [5, 5.41) is 2.14. The Morgan fingerprint density at radius 2 is 2.10 bits per heavy atom. The number of aromatic nitrogens is 1. The van der Waals surface area contributed by atoms with Gasteiger partial charge in [0.05, 0.1) is 19.9 Å². The minimum atomic E-state index is 0.309. The Labute approximate surface area is 140 Å². The lowest BCUT2D eigenvalue weighted by Gasteiger charge is -2.21. The lowest BCUT2D eigenvalue weighted by molar-refractivity contribution is 1.08. The van der Waals surface area contributed by atoms with Gasteiger partial charge in [-0.3, -0.25) is 0 Å². The van der Waals surface area contributed by atoms with Gasteiger partial charge < -0.3 is 5.73 Å². The number of hydrogen-bond acceptors (Lipinski definition) is 5. The molecule has 0 saturated heterocycles. The maximum atomic E-state index is 6.15. The molecule has 21 heavy (non-hydrogen) atoms. The van der Waals surface area contributed by atoms with Crippen LogP contribution in [0.4, 0.5) is 5.13 Å². The fourth-order valence-electron chi connectivity index (χ4n) is 2.08. The van der Waals surface area contributed by atoms with Crippen LogP contribution in [0.3, 0.4) is 0 Å². The second-order valence-corrected chi connectivity index (χ2v) is 7.81. The van der Waals surface area contributed by atoms with E-state index < -0.39 is 0 Å². The van der Waals surface area contributed by atoms with E-state index in [2.05, 4.69) is 16.9 Å². The average molecular weight is 356 g/mol. The van der Waals surface area contributed by atoms with Gasteiger partial charge in [0.2, 0.25) is 5.13 Å². The highest BCUT2D eigenvalue weighted by atomic mass is 35.5. The summed E-state index contributed by atoms with van der Waals surface area (Å²) in [4.78, 5) is 8.87. The lowest BCUT2D eigenvalue weighted by atomic mass is 10.0. The van der Waals surface area contributed by atoms with E-state index in [-0.39, 0.29) is 0 Å². The van der Waals surface area contributed by atoms with Gasteiger partial charge in [-0.15, -0.1) is 11.8 Å². The number of benzene rings is 1. The van der Waals surface area contributed by atoms with E-state index >= 15 is 0 Å². The Kier molecular flexibility index (Phi) is 4.26. The highest BCUT2D eigenvalue weighted by Gasteiger charge is 2.27. The number of thiazole rings is 1. The molecule has 0 fully saturated rings. The highest BCUT2D eigenvalue weighted by molar-refractivity contribution is 8.01. The first-order valence-electron chi connectivity index (χ1n) is 6.18. The summed E-state index contributed by atoms with van der Waals surface area (Å²) in [7, 11) is 0. The molecule has 0 spiro atoms. The van der Waals surface area contributed by atoms with Crippen molar-refractivity contribution in [3.05, 3.63) is 40.0 Å². The summed E-state index contributed by atoms with van der Waals surface area (Å²) in [5.74, 6) is 0. The molecule has 2 N–H and O–H groups in total. The van der Waals surface area contributed by atoms with Gasteiger partial charge in [0, 0.05) is 17.0 Å². The molecule has 0 radical (unpaired) electrons. The summed E-state index contributed by atoms with van der Waals surface area (Å²) in [6.07, 6.45) is 4.74. The van der Waals surface area contributed by atoms with Crippen LogP contribution in [0.15, 0.2) is 33.6 Å². The molecule has 1 aliphatic rings. The van der Waals surface area contributed by atoms with Crippen molar-refractivity contribution >= 4 is 57.6 Å². The predicted octanol–water partition coefficient (Wildman–Crippen LogP) is 5.46. The Balaban J connectivity index is 2.10. The SMILES string of the molecule is CC1Sc2sc(N=CC=CN)nc2-c2cc(Cl)c(Cl)cc21. The molecule has 0 amide bonds. The van der Waals surface area contributed by atoms with Gasteiger partial charge in [-0.05, 0) is 36.9 Å². The largest absolute Gasteiger partial charge is 0.405 e.